The molecule has 1 aliphatic heterocycles. The van der Waals surface area contributed by atoms with Crippen LogP contribution in [0.25, 0.3) is 0 Å². The number of nitrogens with one attached hydrogen (secondary N) is 1. The molecule has 0 radical (unpaired) electrons. The molecule has 1 heterocycles. The van der Waals surface area contributed by atoms with Crippen LogP contribution in [0.4, 0.5) is 5.69 Å². The van der Waals surface area contributed by atoms with Crippen LogP contribution in [-0.2, 0) is 11.2 Å². The van der Waals surface area contributed by atoms with Crippen LogP contribution in [0.15, 0.2) is 18.2 Å². The van der Waals surface area contributed by atoms with Gasteiger partial charge in [0.2, 0.25) is 5.91 Å². The summed E-state index contributed by atoms with van der Waals surface area (Å²) in [7, 11) is 0. The van der Waals surface area contributed by atoms with Crippen molar-refractivity contribution in [2.24, 2.45) is 5.73 Å². The normalized spacial score (nSPS) is 16.2. The van der Waals surface area contributed by atoms with Gasteiger partial charge in [0.15, 0.2) is 0 Å². The van der Waals surface area contributed by atoms with Crippen molar-refractivity contribution in [3.63, 3.8) is 0 Å². The van der Waals surface area contributed by atoms with E-state index in [-0.39, 0.29) is 18.6 Å². The average molecular weight is 234 g/mol. The molecule has 1 aromatic rings. The minimum absolute atomic E-state index is 0.0370. The fourth-order valence-corrected chi connectivity index (χ4v) is 2.11. The first-order valence-electron chi connectivity index (χ1n) is 6.00. The number of rotatable bonds is 4. The van der Waals surface area contributed by atoms with Crippen molar-refractivity contribution in [2.75, 3.05) is 11.9 Å². The number of hydrogen-bond acceptors (Lipinski definition) is 3. The maximum atomic E-state index is 11.2. The van der Waals surface area contributed by atoms with Crippen LogP contribution in [-0.4, -0.2) is 17.6 Å². The lowest BCUT2D eigenvalue weighted by Crippen LogP contribution is -2.20. The maximum absolute atomic E-state index is 11.2. The van der Waals surface area contributed by atoms with Gasteiger partial charge >= 0.3 is 0 Å². The summed E-state index contributed by atoms with van der Waals surface area (Å²) in [6.07, 6.45) is 2.82. The molecule has 1 amide bonds. The number of benzene rings is 1. The molecule has 0 spiro atoms. The van der Waals surface area contributed by atoms with Gasteiger partial charge in [0.05, 0.1) is 0 Å². The van der Waals surface area contributed by atoms with Gasteiger partial charge in [-0.05, 0) is 36.5 Å². The van der Waals surface area contributed by atoms with Crippen molar-refractivity contribution in [1.29, 1.82) is 0 Å². The summed E-state index contributed by atoms with van der Waals surface area (Å²) in [5.74, 6) is 0.0785. The lowest BCUT2D eigenvalue weighted by atomic mass is 9.96. The van der Waals surface area contributed by atoms with E-state index in [1.54, 1.807) is 0 Å². The lowest BCUT2D eigenvalue weighted by Gasteiger charge is -2.19. The summed E-state index contributed by atoms with van der Waals surface area (Å²) in [4.78, 5) is 11.2. The number of amides is 1. The van der Waals surface area contributed by atoms with E-state index in [4.69, 9.17) is 10.8 Å². The number of nitrogens with two attached hydrogens (primary N) is 1. The predicted octanol–water partition coefficient (Wildman–Crippen LogP) is 1.34. The highest BCUT2D eigenvalue weighted by Gasteiger charge is 2.16. The Bertz CT molecular complexity index is 418. The van der Waals surface area contributed by atoms with Crippen molar-refractivity contribution in [3.05, 3.63) is 29.3 Å². The number of aliphatic hydroxyl groups is 1. The topological polar surface area (TPSA) is 75.3 Å². The Kier molecular flexibility index (Phi) is 3.76. The number of carbonyl (C=O) groups excluding carboxylic acids is 1. The van der Waals surface area contributed by atoms with Crippen molar-refractivity contribution in [2.45, 2.75) is 31.7 Å². The van der Waals surface area contributed by atoms with Gasteiger partial charge in [-0.25, -0.2) is 0 Å². The highest BCUT2D eigenvalue weighted by Crippen LogP contribution is 2.26. The lowest BCUT2D eigenvalue weighted by molar-refractivity contribution is -0.116. The first-order chi connectivity index (χ1) is 8.20. The highest BCUT2D eigenvalue weighted by molar-refractivity contribution is 5.93. The molecule has 92 valence electrons. The quantitative estimate of drug-likeness (QED) is 0.736. The van der Waals surface area contributed by atoms with E-state index in [1.807, 2.05) is 12.1 Å². The highest BCUT2D eigenvalue weighted by atomic mass is 16.2. The Morgan fingerprint density at radius 3 is 3.00 bits per heavy atom. The van der Waals surface area contributed by atoms with Crippen molar-refractivity contribution in [1.82, 2.24) is 0 Å². The smallest absolute Gasteiger partial charge is 0.224 e. The minimum atomic E-state index is -0.0370. The largest absolute Gasteiger partial charge is 0.396 e. The Morgan fingerprint density at radius 1 is 1.41 bits per heavy atom. The van der Waals surface area contributed by atoms with Gasteiger partial charge in [-0.3, -0.25) is 4.79 Å². The first-order valence-corrected chi connectivity index (χ1v) is 6.00. The Balaban J connectivity index is 2.13. The van der Waals surface area contributed by atoms with Crippen LogP contribution >= 0.6 is 0 Å². The van der Waals surface area contributed by atoms with Crippen LogP contribution in [0, 0.1) is 0 Å². The molecule has 0 aliphatic carbocycles. The summed E-state index contributed by atoms with van der Waals surface area (Å²) >= 11 is 0. The van der Waals surface area contributed by atoms with E-state index in [0.717, 1.165) is 36.1 Å². The SMILES string of the molecule is NC(CCCO)c1ccc2c(c1)CCC(=O)N2. The van der Waals surface area contributed by atoms with Gasteiger partial charge in [-0.2, -0.15) is 0 Å². The zero-order chi connectivity index (χ0) is 12.3. The molecule has 1 aliphatic rings. The molecule has 0 saturated carbocycles. The van der Waals surface area contributed by atoms with Crippen LogP contribution in [0.2, 0.25) is 0 Å². The molecule has 0 saturated heterocycles. The summed E-state index contributed by atoms with van der Waals surface area (Å²) in [6.45, 7) is 0.175. The zero-order valence-corrected chi connectivity index (χ0v) is 9.78. The second-order valence-electron chi connectivity index (χ2n) is 4.44. The molecule has 0 aromatic heterocycles. The Hall–Kier alpha value is -1.39. The molecule has 0 bridgehead atoms. The third-order valence-corrected chi connectivity index (χ3v) is 3.13. The fraction of sp³-hybridized carbons (Fsp3) is 0.462. The first kappa shape index (κ1) is 12.1. The molecule has 4 heteroatoms. The van der Waals surface area contributed by atoms with Gasteiger partial charge in [0, 0.05) is 24.8 Å². The van der Waals surface area contributed by atoms with Crippen molar-refractivity contribution in [3.8, 4) is 0 Å². The van der Waals surface area contributed by atoms with E-state index in [2.05, 4.69) is 11.4 Å². The van der Waals surface area contributed by atoms with Crippen LogP contribution in [0.5, 0.6) is 0 Å². The van der Waals surface area contributed by atoms with Crippen molar-refractivity contribution < 1.29 is 9.90 Å². The fourth-order valence-electron chi connectivity index (χ4n) is 2.11. The molecule has 2 rings (SSSR count). The van der Waals surface area contributed by atoms with E-state index >= 15 is 0 Å². The molecular weight excluding hydrogens is 216 g/mol. The number of hydrogen-bond donors (Lipinski definition) is 3. The predicted molar refractivity (Wildman–Crippen MR) is 66.6 cm³/mol. The third kappa shape index (κ3) is 2.84. The summed E-state index contributed by atoms with van der Waals surface area (Å²) in [5, 5.41) is 11.6. The Labute approximate surface area is 101 Å². The van der Waals surface area contributed by atoms with E-state index in [9.17, 15) is 4.79 Å². The number of aliphatic hydroxyl groups excluding tert-OH is 1. The summed E-state index contributed by atoms with van der Waals surface area (Å²) in [6, 6.07) is 5.90. The Morgan fingerprint density at radius 2 is 2.24 bits per heavy atom. The van der Waals surface area contributed by atoms with E-state index in [0.29, 0.717) is 6.42 Å². The van der Waals surface area contributed by atoms with Crippen LogP contribution in [0.3, 0.4) is 0 Å². The number of anilines is 1. The van der Waals surface area contributed by atoms with Crippen molar-refractivity contribution >= 4 is 11.6 Å². The third-order valence-electron chi connectivity index (χ3n) is 3.13. The van der Waals surface area contributed by atoms with E-state index < -0.39 is 0 Å². The summed E-state index contributed by atoms with van der Waals surface area (Å²) < 4.78 is 0. The van der Waals surface area contributed by atoms with Gasteiger partial charge in [0.25, 0.3) is 0 Å². The average Bonchev–Trinajstić information content (AvgIpc) is 2.35. The van der Waals surface area contributed by atoms with E-state index in [1.165, 1.54) is 0 Å². The van der Waals surface area contributed by atoms with Gasteiger partial charge in [-0.15, -0.1) is 0 Å². The molecule has 1 aromatic carbocycles. The molecular formula is C13H18N2O2. The van der Waals surface area contributed by atoms with Gasteiger partial charge < -0.3 is 16.2 Å². The minimum Gasteiger partial charge on any atom is -0.396 e. The molecule has 4 N–H and O–H groups in total. The molecule has 1 unspecified atom stereocenters. The monoisotopic (exact) mass is 234 g/mol. The molecule has 0 fully saturated rings. The second-order valence-corrected chi connectivity index (χ2v) is 4.44. The second kappa shape index (κ2) is 5.29. The number of carbonyl (C=O) groups is 1. The van der Waals surface area contributed by atoms with Crippen LogP contribution in [0.1, 0.15) is 36.4 Å². The molecule has 17 heavy (non-hydrogen) atoms. The number of fused-ring (bicyclic) bond motifs is 1. The molecule has 1 atom stereocenters. The summed E-state index contributed by atoms with van der Waals surface area (Å²) in [5.41, 5.74) is 9.18. The van der Waals surface area contributed by atoms with Gasteiger partial charge in [-0.1, -0.05) is 12.1 Å². The maximum Gasteiger partial charge on any atom is 0.224 e. The van der Waals surface area contributed by atoms with Crippen LogP contribution < -0.4 is 11.1 Å². The zero-order valence-electron chi connectivity index (χ0n) is 9.78. The number of aryl methyl sites for hydroxylation is 1. The molecule has 4 nitrogen and oxygen atoms in total. The standard InChI is InChI=1S/C13H18N2O2/c14-11(2-1-7-16)9-3-5-12-10(8-9)4-6-13(17)15-12/h3,5,8,11,16H,1-2,4,6-7,14H2,(H,15,17). The van der Waals surface area contributed by atoms with Gasteiger partial charge in [0.1, 0.15) is 0 Å².